The minimum absolute atomic E-state index is 0.0575. The molecule has 0 saturated carbocycles. The Labute approximate surface area is 184 Å². The molecule has 0 aromatic heterocycles. The average molecular weight is 499 g/mol. The molecule has 3 nitrogen and oxygen atoms in total. The Bertz CT molecular complexity index is 738. The van der Waals surface area contributed by atoms with Crippen molar-refractivity contribution >= 4 is 44.8 Å². The Hall–Kier alpha value is -0.180. The van der Waals surface area contributed by atoms with Crippen molar-refractivity contribution < 1.29 is 4.24 Å². The first kappa shape index (κ1) is 24.1. The van der Waals surface area contributed by atoms with Crippen LogP contribution in [0.15, 0.2) is 30.3 Å². The molecule has 7 heteroatoms. The van der Waals surface area contributed by atoms with E-state index in [4.69, 9.17) is 0 Å². The van der Waals surface area contributed by atoms with Crippen LogP contribution in [-0.2, 0) is 0 Å². The molecule has 0 N–H and O–H groups in total. The first-order chi connectivity index (χ1) is 12.3. The normalized spacial score (nSPS) is 22.0. The van der Waals surface area contributed by atoms with E-state index < -0.39 is 23.6 Å². The van der Waals surface area contributed by atoms with Crippen LogP contribution in [0.25, 0.3) is 0 Å². The molecule has 0 fully saturated rings. The third-order valence-electron chi connectivity index (χ3n) is 5.01. The summed E-state index contributed by atoms with van der Waals surface area (Å²) in [7, 11) is -5.35. The van der Waals surface area contributed by atoms with Crippen LogP contribution in [-0.4, -0.2) is 68.6 Å². The van der Waals surface area contributed by atoms with E-state index in [2.05, 4.69) is 139 Å². The SMILES string of the molecule is CC(C)(C)N1C(c2ccccc2)=[N+](C(C)(C)C)[Si@@]1([Se-])N([Si](C)(C)C)[Si](C)(C)C. The Morgan fingerprint density at radius 1 is 0.857 bits per heavy atom. The predicted octanol–water partition coefficient (Wildman–Crippen LogP) is 4.93. The van der Waals surface area contributed by atoms with Crippen molar-refractivity contribution in [2.45, 2.75) is 91.9 Å². The molecule has 0 amide bonds. The first-order valence-electron chi connectivity index (χ1n) is 10.4. The molecule has 0 bridgehead atoms. The molecule has 1 atom stereocenters. The van der Waals surface area contributed by atoms with Gasteiger partial charge in [-0.2, -0.15) is 0 Å². The van der Waals surface area contributed by atoms with E-state index in [9.17, 15) is 0 Å². The maximum absolute atomic E-state index is 3.88. The van der Waals surface area contributed by atoms with Crippen molar-refractivity contribution in [2.75, 3.05) is 0 Å². The van der Waals surface area contributed by atoms with Gasteiger partial charge in [-0.3, -0.25) is 0 Å². The summed E-state index contributed by atoms with van der Waals surface area (Å²) < 4.78 is 8.63. The molecule has 1 aliphatic heterocycles. The number of hydrogen-bond acceptors (Lipinski definition) is 2. The molecule has 1 aromatic rings. The third kappa shape index (κ3) is 4.16. The van der Waals surface area contributed by atoms with Gasteiger partial charge in [0.1, 0.15) is 0 Å². The molecular formula is C21H41N3SeSi3. The van der Waals surface area contributed by atoms with Crippen LogP contribution < -0.4 is 0 Å². The van der Waals surface area contributed by atoms with Crippen molar-refractivity contribution in [2.24, 2.45) is 0 Å². The second-order valence-electron chi connectivity index (χ2n) is 12.0. The molecule has 0 radical (unpaired) electrons. The van der Waals surface area contributed by atoms with Gasteiger partial charge in [0.05, 0.1) is 0 Å². The van der Waals surface area contributed by atoms with Crippen LogP contribution in [0.5, 0.6) is 0 Å². The fourth-order valence-corrected chi connectivity index (χ4v) is 39.2. The van der Waals surface area contributed by atoms with Crippen LogP contribution in [0.2, 0.25) is 39.3 Å². The van der Waals surface area contributed by atoms with Crippen molar-refractivity contribution in [3.05, 3.63) is 35.9 Å². The summed E-state index contributed by atoms with van der Waals surface area (Å²) in [5, 5.41) is 0. The van der Waals surface area contributed by atoms with Gasteiger partial charge < -0.3 is 0 Å². The number of benzene rings is 1. The fourth-order valence-electron chi connectivity index (χ4n) is 4.87. The van der Waals surface area contributed by atoms with E-state index >= 15 is 0 Å². The van der Waals surface area contributed by atoms with Gasteiger partial charge in [0.15, 0.2) is 0 Å². The van der Waals surface area contributed by atoms with Gasteiger partial charge in [-0.05, 0) is 0 Å². The summed E-state index contributed by atoms with van der Waals surface area (Å²) >= 11 is 3.88. The Balaban J connectivity index is 2.93. The van der Waals surface area contributed by atoms with Gasteiger partial charge in [-0.15, -0.1) is 0 Å². The van der Waals surface area contributed by atoms with E-state index in [1.807, 2.05) is 0 Å². The molecule has 158 valence electrons. The molecule has 28 heavy (non-hydrogen) atoms. The van der Waals surface area contributed by atoms with Crippen LogP contribution >= 0.6 is 0 Å². The summed E-state index contributed by atoms with van der Waals surface area (Å²) in [6.45, 7) is 29.4. The van der Waals surface area contributed by atoms with Gasteiger partial charge >= 0.3 is 185 Å². The zero-order chi connectivity index (χ0) is 21.9. The summed E-state index contributed by atoms with van der Waals surface area (Å²) in [6.07, 6.45) is 0. The average Bonchev–Trinajstić information content (AvgIpc) is 2.39. The van der Waals surface area contributed by atoms with Crippen LogP contribution in [0.3, 0.4) is 0 Å². The molecule has 1 aromatic carbocycles. The standard InChI is InChI=1S/C21H41N3SeSi3/c1-20(2,3)22-19(18-16-14-13-15-17-18)23(21(4,5)6)28(22,25)24(26(7,8)9)27(10,11)12/h13-17H,1-12H3. The predicted molar refractivity (Wildman–Crippen MR) is 132 cm³/mol. The summed E-state index contributed by atoms with van der Waals surface area (Å²) in [6, 6.07) is 11.0. The monoisotopic (exact) mass is 499 g/mol. The van der Waals surface area contributed by atoms with Gasteiger partial charge in [0.25, 0.3) is 0 Å². The molecule has 0 aliphatic carbocycles. The minimum atomic E-state index is -2.21. The van der Waals surface area contributed by atoms with Gasteiger partial charge in [0, 0.05) is 0 Å². The molecular weight excluding hydrogens is 457 g/mol. The third-order valence-corrected chi connectivity index (χ3v) is 26.8. The van der Waals surface area contributed by atoms with Crippen LogP contribution in [0.1, 0.15) is 47.1 Å². The number of hydrogen-bond donors (Lipinski definition) is 0. The van der Waals surface area contributed by atoms with Crippen molar-refractivity contribution in [1.29, 1.82) is 0 Å². The Kier molecular flexibility index (Phi) is 6.20. The summed E-state index contributed by atoms with van der Waals surface area (Å²) in [5.41, 5.74) is 1.45. The topological polar surface area (TPSA) is 9.49 Å². The zero-order valence-corrected chi connectivity index (χ0v) is 24.8. The van der Waals surface area contributed by atoms with E-state index in [0.29, 0.717) is 0 Å². The quantitative estimate of drug-likeness (QED) is 0.544. The van der Waals surface area contributed by atoms with Crippen molar-refractivity contribution in [3.63, 3.8) is 0 Å². The van der Waals surface area contributed by atoms with Crippen LogP contribution in [0.4, 0.5) is 0 Å². The van der Waals surface area contributed by atoms with Gasteiger partial charge in [-0.25, -0.2) is 0 Å². The fraction of sp³-hybridized carbons (Fsp3) is 0.667. The van der Waals surface area contributed by atoms with Crippen molar-refractivity contribution in [1.82, 2.24) is 8.46 Å². The number of rotatable bonds is 4. The number of amidine groups is 1. The summed E-state index contributed by atoms with van der Waals surface area (Å²) in [4.78, 5) is 0. The van der Waals surface area contributed by atoms with Gasteiger partial charge in [0.2, 0.25) is 0 Å². The zero-order valence-electron chi connectivity index (χ0n) is 20.1. The second kappa shape index (κ2) is 7.20. The summed E-state index contributed by atoms with van der Waals surface area (Å²) in [5.74, 6) is 1.40. The first-order valence-corrected chi connectivity index (χ1v) is 21.6. The van der Waals surface area contributed by atoms with Gasteiger partial charge in [-0.1, -0.05) is 0 Å². The maximum atomic E-state index is 3.88. The Morgan fingerprint density at radius 3 is 1.61 bits per heavy atom. The van der Waals surface area contributed by atoms with E-state index in [-0.39, 0.29) is 11.1 Å². The molecule has 1 heterocycles. The Morgan fingerprint density at radius 2 is 1.29 bits per heavy atom. The molecule has 0 spiro atoms. The molecule has 2 rings (SSSR count). The van der Waals surface area contributed by atoms with Crippen molar-refractivity contribution in [3.8, 4) is 0 Å². The molecule has 0 unspecified atom stereocenters. The van der Waals surface area contributed by atoms with Crippen LogP contribution in [0, 0.1) is 0 Å². The van der Waals surface area contributed by atoms with E-state index in [1.54, 1.807) is 0 Å². The van der Waals surface area contributed by atoms with E-state index in [1.165, 1.54) is 11.4 Å². The molecule has 0 saturated heterocycles. The second-order valence-corrected chi connectivity index (χ2v) is 28.8. The van der Waals surface area contributed by atoms with E-state index in [0.717, 1.165) is 0 Å². The molecule has 1 aliphatic rings. The number of nitrogens with zero attached hydrogens (tertiary/aromatic N) is 3.